The fourth-order valence-corrected chi connectivity index (χ4v) is 3.24. The van der Waals surface area contributed by atoms with Gasteiger partial charge in [-0.25, -0.2) is 0 Å². The largest absolute Gasteiger partial charge is 0.493 e. The van der Waals surface area contributed by atoms with Crippen LogP contribution in [0.5, 0.6) is 11.5 Å². The van der Waals surface area contributed by atoms with Gasteiger partial charge < -0.3 is 19.5 Å². The monoisotopic (exact) mass is 355 g/mol. The van der Waals surface area contributed by atoms with Crippen LogP contribution in [0.15, 0.2) is 48.5 Å². The van der Waals surface area contributed by atoms with Gasteiger partial charge in [0, 0.05) is 12.0 Å². The Balaban J connectivity index is 1.78. The molecule has 1 aliphatic rings. The average molecular weight is 355 g/mol. The lowest BCUT2D eigenvalue weighted by molar-refractivity contribution is -0.141. The van der Waals surface area contributed by atoms with Gasteiger partial charge in [-0.2, -0.15) is 0 Å². The van der Waals surface area contributed by atoms with Crippen LogP contribution in [0.25, 0.3) is 0 Å². The number of fused-ring (bicyclic) bond motifs is 1. The SMILES string of the molecule is COc1ccccc1OCCN1C(=O)[C@@](O)(CC(C)=O)c2ccccc21. The average Bonchev–Trinajstić information content (AvgIpc) is 2.83. The molecule has 136 valence electrons. The Morgan fingerprint density at radius 2 is 1.77 bits per heavy atom. The van der Waals surface area contributed by atoms with Crippen LogP contribution in [-0.4, -0.2) is 37.1 Å². The molecule has 0 spiro atoms. The van der Waals surface area contributed by atoms with E-state index in [0.29, 0.717) is 22.7 Å². The highest BCUT2D eigenvalue weighted by atomic mass is 16.5. The Morgan fingerprint density at radius 1 is 1.12 bits per heavy atom. The van der Waals surface area contributed by atoms with Gasteiger partial charge in [0.2, 0.25) is 0 Å². The topological polar surface area (TPSA) is 76.1 Å². The van der Waals surface area contributed by atoms with Gasteiger partial charge in [-0.1, -0.05) is 30.3 Å². The lowest BCUT2D eigenvalue weighted by atomic mass is 9.90. The maximum atomic E-state index is 12.8. The molecule has 0 aliphatic carbocycles. The molecule has 0 saturated carbocycles. The lowest BCUT2D eigenvalue weighted by Gasteiger charge is -2.22. The van der Waals surface area contributed by atoms with Crippen molar-refractivity contribution >= 4 is 17.4 Å². The van der Waals surface area contributed by atoms with E-state index in [2.05, 4.69) is 0 Å². The van der Waals surface area contributed by atoms with Crippen molar-refractivity contribution in [2.75, 3.05) is 25.2 Å². The van der Waals surface area contributed by atoms with E-state index < -0.39 is 11.5 Å². The van der Waals surface area contributed by atoms with E-state index >= 15 is 0 Å². The van der Waals surface area contributed by atoms with Gasteiger partial charge in [-0.05, 0) is 25.1 Å². The highest BCUT2D eigenvalue weighted by Gasteiger charge is 2.50. The summed E-state index contributed by atoms with van der Waals surface area (Å²) < 4.78 is 11.0. The molecular formula is C20H21NO5. The van der Waals surface area contributed by atoms with Crippen LogP contribution in [-0.2, 0) is 15.2 Å². The van der Waals surface area contributed by atoms with E-state index in [0.717, 1.165) is 0 Å². The number of ether oxygens (including phenoxy) is 2. The normalized spacial score (nSPS) is 18.6. The molecule has 0 bridgehead atoms. The zero-order valence-electron chi connectivity index (χ0n) is 14.8. The molecular weight excluding hydrogens is 334 g/mol. The number of methoxy groups -OCH3 is 1. The number of Topliss-reactive ketones (excluding diaryl/α,β-unsaturated/α-hetero) is 1. The summed E-state index contributed by atoms with van der Waals surface area (Å²) in [5, 5.41) is 10.9. The predicted octanol–water partition coefficient (Wildman–Crippen LogP) is 2.29. The summed E-state index contributed by atoms with van der Waals surface area (Å²) in [7, 11) is 1.56. The molecule has 3 rings (SSSR count). The molecule has 2 aromatic rings. The first-order valence-corrected chi connectivity index (χ1v) is 8.36. The van der Waals surface area contributed by atoms with E-state index in [1.54, 1.807) is 43.5 Å². The molecule has 0 aromatic heterocycles. The molecule has 1 amide bonds. The number of anilines is 1. The minimum absolute atomic E-state index is 0.219. The number of ketones is 1. The van der Waals surface area contributed by atoms with Crippen molar-refractivity contribution in [2.24, 2.45) is 0 Å². The van der Waals surface area contributed by atoms with Crippen molar-refractivity contribution in [3.8, 4) is 11.5 Å². The summed E-state index contributed by atoms with van der Waals surface area (Å²) in [6.45, 7) is 1.83. The summed E-state index contributed by atoms with van der Waals surface area (Å²) >= 11 is 0. The maximum Gasteiger partial charge on any atom is 0.264 e. The van der Waals surface area contributed by atoms with E-state index in [9.17, 15) is 14.7 Å². The second kappa shape index (κ2) is 7.17. The number of aliphatic hydroxyl groups is 1. The van der Waals surface area contributed by atoms with Gasteiger partial charge in [-0.15, -0.1) is 0 Å². The molecule has 0 saturated heterocycles. The van der Waals surface area contributed by atoms with Crippen LogP contribution >= 0.6 is 0 Å². The molecule has 0 unspecified atom stereocenters. The Bertz CT molecular complexity index is 834. The van der Waals surface area contributed by atoms with E-state index in [1.165, 1.54) is 11.8 Å². The van der Waals surface area contributed by atoms with Crippen molar-refractivity contribution in [1.29, 1.82) is 0 Å². The zero-order chi connectivity index (χ0) is 18.7. The number of amides is 1. The van der Waals surface area contributed by atoms with Crippen molar-refractivity contribution in [3.05, 3.63) is 54.1 Å². The number of hydrogen-bond donors (Lipinski definition) is 1. The van der Waals surface area contributed by atoms with Crippen LogP contribution in [0.1, 0.15) is 18.9 Å². The number of para-hydroxylation sites is 3. The van der Waals surface area contributed by atoms with Crippen LogP contribution in [0.3, 0.4) is 0 Å². The number of carbonyl (C=O) groups excluding carboxylic acids is 2. The summed E-state index contributed by atoms with van der Waals surface area (Å²) in [5.74, 6) is 0.433. The summed E-state index contributed by atoms with van der Waals surface area (Å²) in [4.78, 5) is 25.9. The predicted molar refractivity (Wildman–Crippen MR) is 96.5 cm³/mol. The van der Waals surface area contributed by atoms with Gasteiger partial charge in [-0.3, -0.25) is 9.59 Å². The van der Waals surface area contributed by atoms with Crippen molar-refractivity contribution in [2.45, 2.75) is 18.9 Å². The molecule has 2 aromatic carbocycles. The third-order valence-corrected chi connectivity index (χ3v) is 4.39. The number of nitrogens with zero attached hydrogens (tertiary/aromatic N) is 1. The number of carbonyl (C=O) groups is 2. The van der Waals surface area contributed by atoms with E-state index in [4.69, 9.17) is 9.47 Å². The van der Waals surface area contributed by atoms with Crippen molar-refractivity contribution in [3.63, 3.8) is 0 Å². The Morgan fingerprint density at radius 3 is 2.46 bits per heavy atom. The fourth-order valence-electron chi connectivity index (χ4n) is 3.24. The lowest BCUT2D eigenvalue weighted by Crippen LogP contribution is -2.43. The second-order valence-corrected chi connectivity index (χ2v) is 6.21. The first-order valence-electron chi connectivity index (χ1n) is 8.36. The molecule has 0 fully saturated rings. The van der Waals surface area contributed by atoms with Crippen LogP contribution < -0.4 is 14.4 Å². The fraction of sp³-hybridized carbons (Fsp3) is 0.300. The standard InChI is InChI=1S/C20H21NO5/c1-14(22)13-20(24)15-7-3-4-8-16(15)21(19(20)23)11-12-26-18-10-6-5-9-17(18)25-2/h3-10,24H,11-13H2,1-2H3/t20-/m1/s1. The Hall–Kier alpha value is -2.86. The molecule has 6 heteroatoms. The highest BCUT2D eigenvalue weighted by Crippen LogP contribution is 2.42. The van der Waals surface area contributed by atoms with Crippen molar-refractivity contribution in [1.82, 2.24) is 0 Å². The molecule has 1 atom stereocenters. The molecule has 1 N–H and O–H groups in total. The zero-order valence-corrected chi connectivity index (χ0v) is 14.8. The molecule has 26 heavy (non-hydrogen) atoms. The third-order valence-electron chi connectivity index (χ3n) is 4.39. The third kappa shape index (κ3) is 3.15. The highest BCUT2D eigenvalue weighted by molar-refractivity contribution is 6.08. The summed E-state index contributed by atoms with van der Waals surface area (Å²) in [6, 6.07) is 14.2. The van der Waals surface area contributed by atoms with E-state index in [-0.39, 0.29) is 25.4 Å². The van der Waals surface area contributed by atoms with Gasteiger partial charge in [0.25, 0.3) is 5.91 Å². The number of hydrogen-bond acceptors (Lipinski definition) is 5. The second-order valence-electron chi connectivity index (χ2n) is 6.21. The maximum absolute atomic E-state index is 12.8. The number of rotatable bonds is 7. The molecule has 1 aliphatic heterocycles. The quantitative estimate of drug-likeness (QED) is 0.825. The van der Waals surface area contributed by atoms with E-state index in [1.807, 2.05) is 12.1 Å². The van der Waals surface area contributed by atoms with Crippen LogP contribution in [0.4, 0.5) is 5.69 Å². The first kappa shape index (κ1) is 17.9. The smallest absolute Gasteiger partial charge is 0.264 e. The van der Waals surface area contributed by atoms with Crippen LogP contribution in [0, 0.1) is 0 Å². The summed E-state index contributed by atoms with van der Waals surface area (Å²) in [6.07, 6.45) is -0.243. The Kier molecular flexibility index (Phi) is 4.95. The first-order chi connectivity index (χ1) is 12.5. The van der Waals surface area contributed by atoms with Gasteiger partial charge in [0.15, 0.2) is 17.1 Å². The Labute approximate surface area is 152 Å². The van der Waals surface area contributed by atoms with Gasteiger partial charge in [0.05, 0.1) is 19.3 Å². The minimum atomic E-state index is -1.81. The van der Waals surface area contributed by atoms with Gasteiger partial charge in [0.1, 0.15) is 12.4 Å². The number of benzene rings is 2. The van der Waals surface area contributed by atoms with Crippen LogP contribution in [0.2, 0.25) is 0 Å². The molecule has 6 nitrogen and oxygen atoms in total. The molecule has 1 heterocycles. The van der Waals surface area contributed by atoms with Crippen molar-refractivity contribution < 1.29 is 24.2 Å². The molecule has 0 radical (unpaired) electrons. The minimum Gasteiger partial charge on any atom is -0.493 e. The summed E-state index contributed by atoms with van der Waals surface area (Å²) in [5.41, 5.74) is -0.755. The van der Waals surface area contributed by atoms with Gasteiger partial charge >= 0.3 is 0 Å².